The zero-order valence-electron chi connectivity index (χ0n) is 13.2. The van der Waals surface area contributed by atoms with Crippen LogP contribution in [0, 0.1) is 5.82 Å². The van der Waals surface area contributed by atoms with Gasteiger partial charge in [-0.1, -0.05) is 19.9 Å². The minimum atomic E-state index is -1.14. The van der Waals surface area contributed by atoms with Crippen LogP contribution in [0.3, 0.4) is 0 Å². The third-order valence-electron chi connectivity index (χ3n) is 3.30. The number of unbranched alkanes of at least 4 members (excludes halogenated alkanes) is 1. The smallest absolute Gasteiger partial charge is 0.348 e. The van der Waals surface area contributed by atoms with Gasteiger partial charge in [-0.3, -0.25) is 0 Å². The van der Waals surface area contributed by atoms with E-state index in [0.29, 0.717) is 24.4 Å². The van der Waals surface area contributed by atoms with Gasteiger partial charge in [0.15, 0.2) is 0 Å². The third-order valence-corrected chi connectivity index (χ3v) is 3.30. The number of rotatable bonds is 6. The number of halogens is 1. The number of carbonyl (C=O) groups is 1. The summed E-state index contributed by atoms with van der Waals surface area (Å²) in [5.74, 6) is -2.37. The Kier molecular flexibility index (Phi) is 4.86. The molecule has 0 saturated carbocycles. The average Bonchev–Trinajstić information content (AvgIpc) is 2.41. The lowest BCUT2D eigenvalue weighted by Crippen LogP contribution is -2.39. The number of benzene rings is 1. The summed E-state index contributed by atoms with van der Waals surface area (Å²) in [6.07, 6.45) is 2.01. The van der Waals surface area contributed by atoms with Gasteiger partial charge in [0.25, 0.3) is 0 Å². The van der Waals surface area contributed by atoms with Crippen LogP contribution in [0.1, 0.15) is 49.5 Å². The first-order valence-electron chi connectivity index (χ1n) is 7.36. The van der Waals surface area contributed by atoms with E-state index in [0.717, 1.165) is 12.8 Å². The minimum Gasteiger partial charge on any atom is -0.451 e. The van der Waals surface area contributed by atoms with Crippen LogP contribution in [0.25, 0.3) is 5.57 Å². The van der Waals surface area contributed by atoms with Gasteiger partial charge in [0, 0.05) is 26.0 Å². The van der Waals surface area contributed by atoms with Crippen molar-refractivity contribution in [1.29, 1.82) is 0 Å². The molecule has 22 heavy (non-hydrogen) atoms. The van der Waals surface area contributed by atoms with Crippen LogP contribution < -0.4 is 4.74 Å². The Balaban J connectivity index is 2.28. The second kappa shape index (κ2) is 6.48. The van der Waals surface area contributed by atoms with E-state index in [1.807, 2.05) is 0 Å². The topological polar surface area (TPSA) is 44.8 Å². The molecule has 1 aliphatic heterocycles. The van der Waals surface area contributed by atoms with Crippen LogP contribution in [0.5, 0.6) is 5.75 Å². The highest BCUT2D eigenvalue weighted by Crippen LogP contribution is 2.38. The predicted molar refractivity (Wildman–Crippen MR) is 81.3 cm³/mol. The van der Waals surface area contributed by atoms with Gasteiger partial charge in [0.2, 0.25) is 5.79 Å². The molecule has 1 aliphatic rings. The molecule has 0 bridgehead atoms. The molecule has 2 rings (SSSR count). The quantitative estimate of drug-likeness (QED) is 0.590. The van der Waals surface area contributed by atoms with Crippen LogP contribution in [0.2, 0.25) is 0 Å². The zero-order chi connectivity index (χ0) is 16.3. The fourth-order valence-corrected chi connectivity index (χ4v) is 2.19. The highest BCUT2D eigenvalue weighted by atomic mass is 19.1. The molecule has 120 valence electrons. The van der Waals surface area contributed by atoms with E-state index in [9.17, 15) is 9.18 Å². The summed E-state index contributed by atoms with van der Waals surface area (Å²) in [6.45, 7) is 10.2. The zero-order valence-corrected chi connectivity index (χ0v) is 13.2. The van der Waals surface area contributed by atoms with Crippen molar-refractivity contribution >= 4 is 11.5 Å². The average molecular weight is 308 g/mol. The largest absolute Gasteiger partial charge is 0.451 e. The molecule has 0 saturated heterocycles. The molecule has 4 nitrogen and oxygen atoms in total. The first-order chi connectivity index (χ1) is 10.4. The molecule has 0 fully saturated rings. The second-order valence-electron chi connectivity index (χ2n) is 5.70. The molecular weight excluding hydrogens is 287 g/mol. The molecular formula is C17H21FO4. The molecule has 0 radical (unpaired) electrons. The van der Waals surface area contributed by atoms with Crippen molar-refractivity contribution in [3.8, 4) is 5.75 Å². The lowest BCUT2D eigenvalue weighted by atomic mass is 10.0. The Hall–Kier alpha value is -1.88. The number of ether oxygens (including phenoxy) is 3. The van der Waals surface area contributed by atoms with Gasteiger partial charge in [-0.25, -0.2) is 9.18 Å². The van der Waals surface area contributed by atoms with Crippen LogP contribution in [-0.2, 0) is 9.47 Å². The Morgan fingerprint density at radius 1 is 1.36 bits per heavy atom. The van der Waals surface area contributed by atoms with Gasteiger partial charge in [0.1, 0.15) is 17.1 Å². The van der Waals surface area contributed by atoms with Crippen molar-refractivity contribution in [2.45, 2.75) is 39.4 Å². The number of esters is 1. The predicted octanol–water partition coefficient (Wildman–Crippen LogP) is 3.94. The second-order valence-corrected chi connectivity index (χ2v) is 5.70. The molecule has 0 spiro atoms. The molecule has 1 aromatic rings. The number of cyclic esters (lactones) is 1. The van der Waals surface area contributed by atoms with E-state index < -0.39 is 17.6 Å². The van der Waals surface area contributed by atoms with Crippen molar-refractivity contribution in [1.82, 2.24) is 0 Å². The van der Waals surface area contributed by atoms with Gasteiger partial charge in [-0.2, -0.15) is 0 Å². The summed E-state index contributed by atoms with van der Waals surface area (Å²) < 4.78 is 30.2. The van der Waals surface area contributed by atoms with E-state index in [4.69, 9.17) is 14.2 Å². The highest BCUT2D eigenvalue weighted by Gasteiger charge is 2.37. The number of hydrogen-bond donors (Lipinski definition) is 0. The molecule has 0 unspecified atom stereocenters. The Morgan fingerprint density at radius 3 is 2.77 bits per heavy atom. The summed E-state index contributed by atoms with van der Waals surface area (Å²) in [5, 5.41) is 0. The maximum atomic E-state index is 13.9. The molecule has 0 amide bonds. The Labute approximate surface area is 129 Å². The van der Waals surface area contributed by atoms with Crippen molar-refractivity contribution in [3.63, 3.8) is 0 Å². The van der Waals surface area contributed by atoms with E-state index in [-0.39, 0.29) is 11.3 Å². The van der Waals surface area contributed by atoms with Crippen LogP contribution in [0.4, 0.5) is 4.39 Å². The molecule has 1 heterocycles. The number of carbonyl (C=O) groups excluding carboxylic acids is 1. The third kappa shape index (κ3) is 3.47. The summed E-state index contributed by atoms with van der Waals surface area (Å²) >= 11 is 0. The van der Waals surface area contributed by atoms with Crippen molar-refractivity contribution in [3.05, 3.63) is 35.7 Å². The van der Waals surface area contributed by atoms with Crippen molar-refractivity contribution in [2.24, 2.45) is 0 Å². The summed E-state index contributed by atoms with van der Waals surface area (Å²) in [6, 6.07) is 2.77. The maximum Gasteiger partial charge on any atom is 0.348 e. The monoisotopic (exact) mass is 308 g/mol. The highest BCUT2D eigenvalue weighted by molar-refractivity contribution is 5.96. The molecule has 5 heteroatoms. The number of hydrogen-bond acceptors (Lipinski definition) is 4. The molecule has 0 N–H and O–H groups in total. The lowest BCUT2D eigenvalue weighted by Gasteiger charge is -2.33. The van der Waals surface area contributed by atoms with Gasteiger partial charge in [-0.15, -0.1) is 0 Å². The first-order valence-corrected chi connectivity index (χ1v) is 7.36. The fraction of sp³-hybridized carbons (Fsp3) is 0.471. The van der Waals surface area contributed by atoms with E-state index in [1.165, 1.54) is 6.07 Å². The Morgan fingerprint density at radius 2 is 2.09 bits per heavy atom. The Bertz CT molecular complexity index is 593. The van der Waals surface area contributed by atoms with Gasteiger partial charge in [-0.05, 0) is 24.1 Å². The van der Waals surface area contributed by atoms with Gasteiger partial charge in [0.05, 0.1) is 6.61 Å². The van der Waals surface area contributed by atoms with E-state index in [1.54, 1.807) is 19.9 Å². The van der Waals surface area contributed by atoms with E-state index >= 15 is 0 Å². The normalized spacial score (nSPS) is 15.7. The molecule has 0 atom stereocenters. The summed E-state index contributed by atoms with van der Waals surface area (Å²) in [7, 11) is 0. The van der Waals surface area contributed by atoms with Gasteiger partial charge >= 0.3 is 5.97 Å². The molecule has 0 aliphatic carbocycles. The number of fused-ring (bicyclic) bond motifs is 1. The standard InChI is InChI=1S/C17H21FO4/c1-5-6-9-20-10-11(2)12-7-8-13(18)14-15(12)21-17(3,4)22-16(14)19/h7-8H,2,5-6,9-10H2,1,3-4H3. The molecule has 0 aromatic heterocycles. The summed E-state index contributed by atoms with van der Waals surface area (Å²) in [4.78, 5) is 12.0. The molecule has 1 aromatic carbocycles. The van der Waals surface area contributed by atoms with Crippen LogP contribution in [0.15, 0.2) is 18.7 Å². The summed E-state index contributed by atoms with van der Waals surface area (Å²) in [5.41, 5.74) is 1.02. The fourth-order valence-electron chi connectivity index (χ4n) is 2.19. The van der Waals surface area contributed by atoms with Crippen molar-refractivity contribution in [2.75, 3.05) is 13.2 Å². The first kappa shape index (κ1) is 16.5. The van der Waals surface area contributed by atoms with Crippen LogP contribution >= 0.6 is 0 Å². The lowest BCUT2D eigenvalue weighted by molar-refractivity contribution is -0.128. The van der Waals surface area contributed by atoms with Crippen molar-refractivity contribution < 1.29 is 23.4 Å². The minimum absolute atomic E-state index is 0.172. The van der Waals surface area contributed by atoms with Crippen LogP contribution in [-0.4, -0.2) is 25.0 Å². The SMILES string of the molecule is C=C(COCCCC)c1ccc(F)c2c1OC(C)(C)OC2=O. The maximum absolute atomic E-state index is 13.9. The van der Waals surface area contributed by atoms with Gasteiger partial charge < -0.3 is 14.2 Å². The van der Waals surface area contributed by atoms with E-state index in [2.05, 4.69) is 13.5 Å².